The molecule has 4 heteroatoms. The van der Waals surface area contributed by atoms with Crippen molar-refractivity contribution in [1.82, 2.24) is 4.90 Å². The Morgan fingerprint density at radius 3 is 2.69 bits per heavy atom. The summed E-state index contributed by atoms with van der Waals surface area (Å²) in [6.07, 6.45) is 0.0835. The smallest absolute Gasteiger partial charge is 0.305 e. The average molecular weight is 223 g/mol. The van der Waals surface area contributed by atoms with Crippen LogP contribution in [-0.2, 0) is 4.79 Å². The lowest BCUT2D eigenvalue weighted by molar-refractivity contribution is -0.138. The monoisotopic (exact) mass is 223 g/mol. The zero-order valence-electron chi connectivity index (χ0n) is 9.80. The first-order valence-corrected chi connectivity index (χ1v) is 5.06. The van der Waals surface area contributed by atoms with E-state index in [2.05, 4.69) is 0 Å². The van der Waals surface area contributed by atoms with E-state index in [0.717, 1.165) is 11.3 Å². The fourth-order valence-electron chi connectivity index (χ4n) is 1.61. The second-order valence-corrected chi connectivity index (χ2v) is 3.85. The number of nitrogens with zero attached hydrogens (tertiary/aromatic N) is 1. The van der Waals surface area contributed by atoms with E-state index >= 15 is 0 Å². The standard InChI is InChI=1S/C12H17NO3/c1-13(2)11(8-12(14)15)9-5-4-6-10(7-9)16-3/h4-7,11H,8H2,1-3H3,(H,14,15). The van der Waals surface area contributed by atoms with Crippen LogP contribution in [0.15, 0.2) is 24.3 Å². The molecule has 4 nitrogen and oxygen atoms in total. The van der Waals surface area contributed by atoms with Crippen LogP contribution in [-0.4, -0.2) is 37.2 Å². The summed E-state index contributed by atoms with van der Waals surface area (Å²) in [6, 6.07) is 7.36. The highest BCUT2D eigenvalue weighted by Crippen LogP contribution is 2.25. The minimum atomic E-state index is -0.804. The topological polar surface area (TPSA) is 49.8 Å². The molecule has 1 aromatic rings. The van der Waals surface area contributed by atoms with Crippen molar-refractivity contribution in [3.05, 3.63) is 29.8 Å². The fourth-order valence-corrected chi connectivity index (χ4v) is 1.61. The van der Waals surface area contributed by atoms with Gasteiger partial charge in [-0.2, -0.15) is 0 Å². The van der Waals surface area contributed by atoms with Crippen LogP contribution in [0.2, 0.25) is 0 Å². The minimum absolute atomic E-state index is 0.0835. The molecule has 0 radical (unpaired) electrons. The number of aliphatic carboxylic acids is 1. The molecule has 1 unspecified atom stereocenters. The van der Waals surface area contributed by atoms with Gasteiger partial charge in [-0.1, -0.05) is 12.1 Å². The van der Waals surface area contributed by atoms with Gasteiger partial charge in [0.25, 0.3) is 0 Å². The Labute approximate surface area is 95.5 Å². The van der Waals surface area contributed by atoms with Gasteiger partial charge >= 0.3 is 5.97 Å². The molecule has 88 valence electrons. The third-order valence-corrected chi connectivity index (χ3v) is 2.47. The number of ether oxygens (including phenoxy) is 1. The largest absolute Gasteiger partial charge is 0.497 e. The van der Waals surface area contributed by atoms with Gasteiger partial charge in [0.05, 0.1) is 13.5 Å². The summed E-state index contributed by atoms with van der Waals surface area (Å²) >= 11 is 0. The zero-order valence-corrected chi connectivity index (χ0v) is 9.80. The Bertz CT molecular complexity index is 363. The number of carbonyl (C=O) groups is 1. The minimum Gasteiger partial charge on any atom is -0.497 e. The fraction of sp³-hybridized carbons (Fsp3) is 0.417. The number of methoxy groups -OCH3 is 1. The van der Waals surface area contributed by atoms with Crippen molar-refractivity contribution in [1.29, 1.82) is 0 Å². The molecule has 0 saturated carbocycles. The molecule has 0 spiro atoms. The van der Waals surface area contributed by atoms with Crippen LogP contribution in [0.25, 0.3) is 0 Å². The van der Waals surface area contributed by atoms with E-state index in [4.69, 9.17) is 9.84 Å². The van der Waals surface area contributed by atoms with Gasteiger partial charge in [0, 0.05) is 6.04 Å². The summed E-state index contributed by atoms with van der Waals surface area (Å²) in [6.45, 7) is 0. The Balaban J connectivity index is 2.95. The Hall–Kier alpha value is -1.55. The molecule has 1 rings (SSSR count). The van der Waals surface area contributed by atoms with Gasteiger partial charge in [0.15, 0.2) is 0 Å². The highest BCUT2D eigenvalue weighted by molar-refractivity contribution is 5.68. The van der Waals surface area contributed by atoms with Gasteiger partial charge in [-0.05, 0) is 31.8 Å². The molecule has 0 fully saturated rings. The quantitative estimate of drug-likeness (QED) is 0.826. The lowest BCUT2D eigenvalue weighted by atomic mass is 10.0. The van der Waals surface area contributed by atoms with Crippen LogP contribution in [0.3, 0.4) is 0 Å². The third-order valence-electron chi connectivity index (χ3n) is 2.47. The van der Waals surface area contributed by atoms with E-state index in [1.54, 1.807) is 7.11 Å². The SMILES string of the molecule is COc1cccc(C(CC(=O)O)N(C)C)c1. The summed E-state index contributed by atoms with van der Waals surface area (Å²) < 4.78 is 5.12. The Morgan fingerprint density at radius 1 is 1.50 bits per heavy atom. The van der Waals surface area contributed by atoms with E-state index in [1.165, 1.54) is 0 Å². The van der Waals surface area contributed by atoms with Gasteiger partial charge in [-0.15, -0.1) is 0 Å². The molecule has 0 heterocycles. The number of hydrogen-bond donors (Lipinski definition) is 1. The predicted molar refractivity (Wildman–Crippen MR) is 61.7 cm³/mol. The number of hydrogen-bond acceptors (Lipinski definition) is 3. The van der Waals surface area contributed by atoms with Gasteiger partial charge < -0.3 is 14.7 Å². The van der Waals surface area contributed by atoms with Crippen molar-refractivity contribution in [2.45, 2.75) is 12.5 Å². The molecule has 16 heavy (non-hydrogen) atoms. The summed E-state index contributed by atoms with van der Waals surface area (Å²) in [7, 11) is 5.33. The predicted octanol–water partition coefficient (Wildman–Crippen LogP) is 1.77. The first-order valence-electron chi connectivity index (χ1n) is 5.06. The van der Waals surface area contributed by atoms with Crippen LogP contribution in [0.4, 0.5) is 0 Å². The van der Waals surface area contributed by atoms with Crippen LogP contribution in [0.5, 0.6) is 5.75 Å². The Morgan fingerprint density at radius 2 is 2.19 bits per heavy atom. The molecule has 0 amide bonds. The lowest BCUT2D eigenvalue weighted by Crippen LogP contribution is -2.22. The van der Waals surface area contributed by atoms with Crippen molar-refractivity contribution in [2.75, 3.05) is 21.2 Å². The van der Waals surface area contributed by atoms with Crippen molar-refractivity contribution >= 4 is 5.97 Å². The molecule has 0 aliphatic heterocycles. The van der Waals surface area contributed by atoms with E-state index in [1.807, 2.05) is 43.3 Å². The van der Waals surface area contributed by atoms with Crippen LogP contribution >= 0.6 is 0 Å². The number of carboxylic acid groups (broad SMARTS) is 1. The van der Waals surface area contributed by atoms with Crippen molar-refractivity contribution in [3.63, 3.8) is 0 Å². The molecule has 0 aliphatic rings. The van der Waals surface area contributed by atoms with Crippen molar-refractivity contribution < 1.29 is 14.6 Å². The van der Waals surface area contributed by atoms with E-state index < -0.39 is 5.97 Å². The first-order chi connectivity index (χ1) is 7.54. The maximum atomic E-state index is 10.8. The Kier molecular flexibility index (Phi) is 4.31. The second kappa shape index (κ2) is 5.51. The van der Waals surface area contributed by atoms with Gasteiger partial charge in [0.2, 0.25) is 0 Å². The van der Waals surface area contributed by atoms with Crippen LogP contribution in [0.1, 0.15) is 18.0 Å². The summed E-state index contributed by atoms with van der Waals surface area (Å²) in [5, 5.41) is 8.86. The molecule has 0 aromatic heterocycles. The average Bonchev–Trinajstić information content (AvgIpc) is 2.25. The summed E-state index contributed by atoms with van der Waals surface area (Å²) in [5.41, 5.74) is 0.951. The molecule has 1 aromatic carbocycles. The lowest BCUT2D eigenvalue weighted by Gasteiger charge is -2.23. The third kappa shape index (κ3) is 3.24. The second-order valence-electron chi connectivity index (χ2n) is 3.85. The van der Waals surface area contributed by atoms with E-state index in [9.17, 15) is 4.79 Å². The molecule has 0 aliphatic carbocycles. The van der Waals surface area contributed by atoms with Crippen molar-refractivity contribution in [3.8, 4) is 5.75 Å². The molecular weight excluding hydrogens is 206 g/mol. The molecular formula is C12H17NO3. The van der Waals surface area contributed by atoms with Crippen LogP contribution in [0, 0.1) is 0 Å². The maximum Gasteiger partial charge on any atom is 0.305 e. The van der Waals surface area contributed by atoms with E-state index in [-0.39, 0.29) is 12.5 Å². The molecule has 1 N–H and O–H groups in total. The highest BCUT2D eigenvalue weighted by atomic mass is 16.5. The summed E-state index contributed by atoms with van der Waals surface area (Å²) in [4.78, 5) is 12.7. The maximum absolute atomic E-state index is 10.8. The molecule has 0 saturated heterocycles. The van der Waals surface area contributed by atoms with Crippen LogP contribution < -0.4 is 4.74 Å². The van der Waals surface area contributed by atoms with E-state index in [0.29, 0.717) is 0 Å². The normalized spacial score (nSPS) is 12.5. The number of benzene rings is 1. The molecule has 0 bridgehead atoms. The number of carboxylic acids is 1. The van der Waals surface area contributed by atoms with Gasteiger partial charge in [-0.3, -0.25) is 4.79 Å². The van der Waals surface area contributed by atoms with Crippen molar-refractivity contribution in [2.24, 2.45) is 0 Å². The first kappa shape index (κ1) is 12.5. The van der Waals surface area contributed by atoms with Gasteiger partial charge in [-0.25, -0.2) is 0 Å². The zero-order chi connectivity index (χ0) is 12.1. The van der Waals surface area contributed by atoms with Gasteiger partial charge in [0.1, 0.15) is 5.75 Å². The number of rotatable bonds is 5. The summed E-state index contributed by atoms with van der Waals surface area (Å²) in [5.74, 6) is -0.0590. The molecule has 1 atom stereocenters. The highest BCUT2D eigenvalue weighted by Gasteiger charge is 2.17.